The molecule has 0 heterocycles. The van der Waals surface area contributed by atoms with Crippen LogP contribution in [-0.4, -0.2) is 41.8 Å². The number of carboxylic acid groups (broad SMARTS) is 1. The summed E-state index contributed by atoms with van der Waals surface area (Å²) >= 11 is 0. The van der Waals surface area contributed by atoms with Crippen LogP contribution in [-0.2, 0) is 4.79 Å². The maximum absolute atomic E-state index is 12.3. The summed E-state index contributed by atoms with van der Waals surface area (Å²) in [6.07, 6.45) is -1.80. The molecule has 0 spiro atoms. The van der Waals surface area contributed by atoms with Crippen molar-refractivity contribution in [3.05, 3.63) is 0 Å². The van der Waals surface area contributed by atoms with Gasteiger partial charge in [-0.15, -0.1) is 0 Å². The zero-order valence-electron chi connectivity index (χ0n) is 11.9. The topological polar surface area (TPSA) is 40.5 Å². The van der Waals surface area contributed by atoms with Crippen LogP contribution in [0.2, 0.25) is 0 Å². The first-order valence-electron chi connectivity index (χ1n) is 6.61. The number of alkyl halides is 3. The van der Waals surface area contributed by atoms with Gasteiger partial charge in [0.25, 0.3) is 0 Å². The second-order valence-electron chi connectivity index (χ2n) is 5.54. The highest BCUT2D eigenvalue weighted by molar-refractivity contribution is 5.73. The smallest absolute Gasteiger partial charge is 0.401 e. The maximum atomic E-state index is 12.3. The van der Waals surface area contributed by atoms with Gasteiger partial charge in [-0.3, -0.25) is 9.69 Å². The summed E-state index contributed by atoms with van der Waals surface area (Å²) in [4.78, 5) is 12.3. The van der Waals surface area contributed by atoms with E-state index in [1.807, 2.05) is 6.92 Å². The van der Waals surface area contributed by atoms with Gasteiger partial charge >= 0.3 is 12.1 Å². The van der Waals surface area contributed by atoms with Crippen LogP contribution in [0, 0.1) is 5.41 Å². The predicted octanol–water partition coefficient (Wildman–Crippen LogP) is 3.54. The minimum Gasteiger partial charge on any atom is -0.481 e. The molecule has 0 radical (unpaired) electrons. The van der Waals surface area contributed by atoms with Crippen molar-refractivity contribution in [1.29, 1.82) is 0 Å². The molecular formula is C13H24F3NO2. The van der Waals surface area contributed by atoms with Crippen LogP contribution in [0.5, 0.6) is 0 Å². The highest BCUT2D eigenvalue weighted by atomic mass is 19.4. The Kier molecular flexibility index (Phi) is 7.41. The molecule has 0 unspecified atom stereocenters. The molecule has 0 aliphatic carbocycles. The van der Waals surface area contributed by atoms with Gasteiger partial charge in [0, 0.05) is 0 Å². The summed E-state index contributed by atoms with van der Waals surface area (Å²) in [5.74, 6) is -0.867. The fraction of sp³-hybridized carbons (Fsp3) is 0.923. The Bertz CT molecular complexity index is 278. The van der Waals surface area contributed by atoms with Crippen molar-refractivity contribution in [1.82, 2.24) is 4.90 Å². The van der Waals surface area contributed by atoms with E-state index in [-0.39, 0.29) is 0 Å². The van der Waals surface area contributed by atoms with Crippen LogP contribution < -0.4 is 0 Å². The number of hydrogen-bond donors (Lipinski definition) is 1. The van der Waals surface area contributed by atoms with E-state index >= 15 is 0 Å². The van der Waals surface area contributed by atoms with Crippen molar-refractivity contribution in [2.24, 2.45) is 5.41 Å². The maximum Gasteiger partial charge on any atom is 0.401 e. The quantitative estimate of drug-likeness (QED) is 0.658. The van der Waals surface area contributed by atoms with Crippen molar-refractivity contribution < 1.29 is 23.1 Å². The van der Waals surface area contributed by atoms with E-state index in [4.69, 9.17) is 5.11 Å². The minimum atomic E-state index is -4.17. The molecule has 0 amide bonds. The van der Waals surface area contributed by atoms with E-state index in [1.165, 1.54) is 4.90 Å². The fourth-order valence-corrected chi connectivity index (χ4v) is 1.85. The second-order valence-corrected chi connectivity index (χ2v) is 5.54. The number of carboxylic acids is 1. The molecule has 6 heteroatoms. The molecule has 0 aliphatic rings. The molecule has 0 aliphatic heterocycles. The highest BCUT2D eigenvalue weighted by Gasteiger charge is 2.30. The lowest BCUT2D eigenvalue weighted by molar-refractivity contribution is -0.147. The van der Waals surface area contributed by atoms with Crippen molar-refractivity contribution in [2.45, 2.75) is 52.6 Å². The van der Waals surface area contributed by atoms with Gasteiger partial charge in [0.2, 0.25) is 0 Å². The van der Waals surface area contributed by atoms with E-state index in [1.54, 1.807) is 13.8 Å². The standard InChI is InChI=1S/C13H24F3NO2/c1-4-8-17(10-13(14,15)16)9-6-5-7-12(2,3)11(18)19/h4-10H2,1-3H3,(H,18,19). The number of halogens is 3. The predicted molar refractivity (Wildman–Crippen MR) is 68.1 cm³/mol. The lowest BCUT2D eigenvalue weighted by Crippen LogP contribution is -2.35. The fourth-order valence-electron chi connectivity index (χ4n) is 1.85. The average molecular weight is 283 g/mol. The largest absolute Gasteiger partial charge is 0.481 e. The Morgan fingerprint density at radius 2 is 1.74 bits per heavy atom. The number of rotatable bonds is 9. The summed E-state index contributed by atoms with van der Waals surface area (Å²) in [6.45, 7) is 5.01. The van der Waals surface area contributed by atoms with Gasteiger partial charge in [-0.2, -0.15) is 13.2 Å². The van der Waals surface area contributed by atoms with Gasteiger partial charge in [0.15, 0.2) is 0 Å². The molecule has 0 atom stereocenters. The van der Waals surface area contributed by atoms with Gasteiger partial charge in [0.1, 0.15) is 0 Å². The minimum absolute atomic E-state index is 0.364. The number of unbranched alkanes of at least 4 members (excludes halogenated alkanes) is 1. The van der Waals surface area contributed by atoms with Crippen molar-refractivity contribution >= 4 is 5.97 Å². The zero-order chi connectivity index (χ0) is 15.1. The van der Waals surface area contributed by atoms with Crippen LogP contribution in [0.15, 0.2) is 0 Å². The molecule has 19 heavy (non-hydrogen) atoms. The Morgan fingerprint density at radius 1 is 1.16 bits per heavy atom. The number of hydrogen-bond acceptors (Lipinski definition) is 2. The van der Waals surface area contributed by atoms with Crippen LogP contribution in [0.25, 0.3) is 0 Å². The molecule has 114 valence electrons. The molecule has 0 aromatic heterocycles. The molecular weight excluding hydrogens is 259 g/mol. The average Bonchev–Trinajstić information content (AvgIpc) is 2.22. The lowest BCUT2D eigenvalue weighted by atomic mass is 9.87. The first-order valence-corrected chi connectivity index (χ1v) is 6.61. The third-order valence-electron chi connectivity index (χ3n) is 3.05. The molecule has 0 bridgehead atoms. The molecule has 0 aromatic carbocycles. The Labute approximate surface area is 112 Å². The number of nitrogens with zero attached hydrogens (tertiary/aromatic N) is 1. The molecule has 0 rings (SSSR count). The van der Waals surface area contributed by atoms with E-state index in [0.29, 0.717) is 38.8 Å². The van der Waals surface area contributed by atoms with Crippen molar-refractivity contribution in [3.8, 4) is 0 Å². The lowest BCUT2D eigenvalue weighted by Gasteiger charge is -2.24. The number of aliphatic carboxylic acids is 1. The summed E-state index contributed by atoms with van der Waals surface area (Å²) in [6, 6.07) is 0. The van der Waals surface area contributed by atoms with E-state index in [0.717, 1.165) is 0 Å². The molecule has 3 nitrogen and oxygen atoms in total. The molecule has 0 aromatic rings. The first kappa shape index (κ1) is 18.2. The monoisotopic (exact) mass is 283 g/mol. The second kappa shape index (κ2) is 7.72. The van der Waals surface area contributed by atoms with Crippen molar-refractivity contribution in [2.75, 3.05) is 19.6 Å². The summed E-state index contributed by atoms with van der Waals surface area (Å²) in [5, 5.41) is 8.93. The van der Waals surface area contributed by atoms with Gasteiger partial charge in [-0.25, -0.2) is 0 Å². The van der Waals surface area contributed by atoms with Crippen LogP contribution in [0.1, 0.15) is 46.5 Å². The van der Waals surface area contributed by atoms with Gasteiger partial charge in [-0.05, 0) is 46.2 Å². The van der Waals surface area contributed by atoms with E-state index in [2.05, 4.69) is 0 Å². The summed E-state index contributed by atoms with van der Waals surface area (Å²) in [7, 11) is 0. The van der Waals surface area contributed by atoms with Crippen LogP contribution in [0.3, 0.4) is 0 Å². The SMILES string of the molecule is CCCN(CCCCC(C)(C)C(=O)O)CC(F)(F)F. The summed E-state index contributed by atoms with van der Waals surface area (Å²) in [5.41, 5.74) is -0.806. The molecule has 0 saturated carbocycles. The van der Waals surface area contributed by atoms with E-state index < -0.39 is 24.1 Å². The highest BCUT2D eigenvalue weighted by Crippen LogP contribution is 2.23. The first-order chi connectivity index (χ1) is 8.58. The van der Waals surface area contributed by atoms with Crippen molar-refractivity contribution in [3.63, 3.8) is 0 Å². The normalized spacial score (nSPS) is 13.0. The van der Waals surface area contributed by atoms with Gasteiger partial charge in [0.05, 0.1) is 12.0 Å². The molecule has 0 saturated heterocycles. The Balaban J connectivity index is 4.03. The van der Waals surface area contributed by atoms with E-state index in [9.17, 15) is 18.0 Å². The van der Waals surface area contributed by atoms with Gasteiger partial charge < -0.3 is 5.11 Å². The molecule has 1 N–H and O–H groups in total. The third-order valence-corrected chi connectivity index (χ3v) is 3.05. The zero-order valence-corrected chi connectivity index (χ0v) is 11.9. The Morgan fingerprint density at radius 3 is 2.16 bits per heavy atom. The Hall–Kier alpha value is -0.780. The van der Waals surface area contributed by atoms with Crippen LogP contribution >= 0.6 is 0 Å². The molecule has 0 fully saturated rings. The van der Waals surface area contributed by atoms with Gasteiger partial charge in [-0.1, -0.05) is 13.3 Å². The number of carbonyl (C=O) groups is 1. The summed E-state index contributed by atoms with van der Waals surface area (Å²) < 4.78 is 36.9. The van der Waals surface area contributed by atoms with Crippen LogP contribution in [0.4, 0.5) is 13.2 Å². The third kappa shape index (κ3) is 8.86.